The number of likely N-dealkylation sites (tertiary alicyclic amines) is 1. The van der Waals surface area contributed by atoms with Crippen molar-refractivity contribution in [3.8, 4) is 0 Å². The van der Waals surface area contributed by atoms with Gasteiger partial charge < -0.3 is 15.0 Å². The molecule has 0 aromatic carbocycles. The van der Waals surface area contributed by atoms with E-state index in [2.05, 4.69) is 5.32 Å². The Kier molecular flexibility index (Phi) is 5.61. The van der Waals surface area contributed by atoms with Crippen LogP contribution in [0.25, 0.3) is 0 Å². The number of nitrogens with zero attached hydrogens (tertiary/aromatic N) is 1. The van der Waals surface area contributed by atoms with Crippen LogP contribution in [0, 0.1) is 17.8 Å². The Bertz CT molecular complexity index is 364. The standard InChI is InChI=1S/C18H32N2O2/c1-2-22-18(21)20-12-16(9-14-7-8-14)10-17(13-20)19-11-15-5-3-4-6-15/h14-17,19H,2-13H2,1H3. The zero-order valence-corrected chi connectivity index (χ0v) is 14.1. The van der Waals surface area contributed by atoms with Gasteiger partial charge in [-0.1, -0.05) is 25.7 Å². The van der Waals surface area contributed by atoms with E-state index in [-0.39, 0.29) is 6.09 Å². The fraction of sp³-hybridized carbons (Fsp3) is 0.944. The average Bonchev–Trinajstić information content (AvgIpc) is 3.16. The van der Waals surface area contributed by atoms with Gasteiger partial charge in [0, 0.05) is 19.1 Å². The number of piperidine rings is 1. The quantitative estimate of drug-likeness (QED) is 0.817. The molecule has 3 rings (SSSR count). The van der Waals surface area contributed by atoms with Gasteiger partial charge in [0.1, 0.15) is 0 Å². The molecule has 1 saturated heterocycles. The zero-order chi connectivity index (χ0) is 15.4. The van der Waals surface area contributed by atoms with Crippen LogP contribution in [-0.4, -0.2) is 43.3 Å². The first kappa shape index (κ1) is 16.1. The van der Waals surface area contributed by atoms with Gasteiger partial charge in [-0.2, -0.15) is 0 Å². The molecule has 1 amide bonds. The third kappa shape index (κ3) is 4.61. The normalized spacial score (nSPS) is 29.8. The van der Waals surface area contributed by atoms with Gasteiger partial charge >= 0.3 is 6.09 Å². The van der Waals surface area contributed by atoms with Gasteiger partial charge in [-0.15, -0.1) is 0 Å². The average molecular weight is 308 g/mol. The van der Waals surface area contributed by atoms with Crippen LogP contribution in [0.2, 0.25) is 0 Å². The van der Waals surface area contributed by atoms with Crippen molar-refractivity contribution < 1.29 is 9.53 Å². The molecule has 22 heavy (non-hydrogen) atoms. The molecule has 4 nitrogen and oxygen atoms in total. The molecular formula is C18H32N2O2. The zero-order valence-electron chi connectivity index (χ0n) is 14.1. The lowest BCUT2D eigenvalue weighted by Crippen LogP contribution is -2.52. The van der Waals surface area contributed by atoms with E-state index in [1.54, 1.807) is 0 Å². The molecular weight excluding hydrogens is 276 g/mol. The Hall–Kier alpha value is -0.770. The van der Waals surface area contributed by atoms with Gasteiger partial charge in [-0.25, -0.2) is 4.79 Å². The van der Waals surface area contributed by atoms with Crippen LogP contribution in [0.1, 0.15) is 58.3 Å². The van der Waals surface area contributed by atoms with Crippen molar-refractivity contribution in [3.63, 3.8) is 0 Å². The van der Waals surface area contributed by atoms with Crippen LogP contribution >= 0.6 is 0 Å². The van der Waals surface area contributed by atoms with Gasteiger partial charge in [0.25, 0.3) is 0 Å². The number of hydrogen-bond acceptors (Lipinski definition) is 3. The first-order chi connectivity index (χ1) is 10.7. The Morgan fingerprint density at radius 1 is 1.09 bits per heavy atom. The van der Waals surface area contributed by atoms with Gasteiger partial charge in [0.2, 0.25) is 0 Å². The largest absolute Gasteiger partial charge is 0.450 e. The summed E-state index contributed by atoms with van der Waals surface area (Å²) < 4.78 is 5.24. The van der Waals surface area contributed by atoms with Crippen molar-refractivity contribution >= 4 is 6.09 Å². The van der Waals surface area contributed by atoms with E-state index in [0.29, 0.717) is 18.6 Å². The molecule has 2 unspecified atom stereocenters. The SMILES string of the molecule is CCOC(=O)N1CC(CC2CC2)CC(NCC2CCCC2)C1. The number of carbonyl (C=O) groups excluding carboxylic acids is 1. The Morgan fingerprint density at radius 3 is 2.55 bits per heavy atom. The highest BCUT2D eigenvalue weighted by molar-refractivity contribution is 5.67. The molecule has 2 saturated carbocycles. The molecule has 4 heteroatoms. The van der Waals surface area contributed by atoms with Crippen LogP contribution in [0.3, 0.4) is 0 Å². The van der Waals surface area contributed by atoms with Crippen molar-refractivity contribution in [2.75, 3.05) is 26.2 Å². The van der Waals surface area contributed by atoms with Gasteiger partial charge in [0.05, 0.1) is 6.61 Å². The van der Waals surface area contributed by atoms with Crippen LogP contribution in [-0.2, 0) is 4.74 Å². The summed E-state index contributed by atoms with van der Waals surface area (Å²) in [5.41, 5.74) is 0. The Morgan fingerprint density at radius 2 is 1.86 bits per heavy atom. The van der Waals surface area contributed by atoms with Gasteiger partial charge in [-0.05, 0) is 56.9 Å². The first-order valence-electron chi connectivity index (χ1n) is 9.39. The van der Waals surface area contributed by atoms with Crippen molar-refractivity contribution in [1.29, 1.82) is 0 Å². The summed E-state index contributed by atoms with van der Waals surface area (Å²) in [5, 5.41) is 3.76. The number of ether oxygens (including phenoxy) is 1. The molecule has 0 spiro atoms. The predicted octanol–water partition coefficient (Wildman–Crippen LogP) is 3.41. The summed E-state index contributed by atoms with van der Waals surface area (Å²) in [7, 11) is 0. The molecule has 1 N–H and O–H groups in total. The summed E-state index contributed by atoms with van der Waals surface area (Å²) >= 11 is 0. The van der Waals surface area contributed by atoms with E-state index in [0.717, 1.165) is 31.5 Å². The van der Waals surface area contributed by atoms with Crippen LogP contribution in [0.5, 0.6) is 0 Å². The summed E-state index contributed by atoms with van der Waals surface area (Å²) in [6.45, 7) is 5.23. The molecule has 126 valence electrons. The fourth-order valence-electron chi connectivity index (χ4n) is 4.26. The molecule has 2 aliphatic carbocycles. The number of nitrogens with one attached hydrogen (secondary N) is 1. The predicted molar refractivity (Wildman–Crippen MR) is 87.8 cm³/mol. The Labute approximate surface area is 135 Å². The molecule has 0 bridgehead atoms. The van der Waals surface area contributed by atoms with Gasteiger partial charge in [-0.3, -0.25) is 0 Å². The number of hydrogen-bond donors (Lipinski definition) is 1. The van der Waals surface area contributed by atoms with Crippen molar-refractivity contribution in [3.05, 3.63) is 0 Å². The second-order valence-electron chi connectivity index (χ2n) is 7.64. The summed E-state index contributed by atoms with van der Waals surface area (Å²) in [6.07, 6.45) is 10.8. The lowest BCUT2D eigenvalue weighted by atomic mass is 9.89. The smallest absolute Gasteiger partial charge is 0.409 e. The number of carbonyl (C=O) groups is 1. The van der Waals surface area contributed by atoms with Crippen molar-refractivity contribution in [2.45, 2.75) is 64.3 Å². The summed E-state index contributed by atoms with van der Waals surface area (Å²) in [4.78, 5) is 14.1. The van der Waals surface area contributed by atoms with Crippen molar-refractivity contribution in [1.82, 2.24) is 10.2 Å². The minimum absolute atomic E-state index is 0.115. The third-order valence-electron chi connectivity index (χ3n) is 5.60. The van der Waals surface area contributed by atoms with E-state index in [1.807, 2.05) is 11.8 Å². The summed E-state index contributed by atoms with van der Waals surface area (Å²) in [5.74, 6) is 2.45. The molecule has 1 heterocycles. The highest BCUT2D eigenvalue weighted by atomic mass is 16.6. The van der Waals surface area contributed by atoms with Crippen LogP contribution in [0.15, 0.2) is 0 Å². The molecule has 3 fully saturated rings. The number of amides is 1. The molecule has 0 radical (unpaired) electrons. The molecule has 0 aromatic heterocycles. The minimum atomic E-state index is -0.115. The lowest BCUT2D eigenvalue weighted by Gasteiger charge is -2.38. The van der Waals surface area contributed by atoms with Gasteiger partial charge in [0.15, 0.2) is 0 Å². The van der Waals surface area contributed by atoms with Crippen molar-refractivity contribution in [2.24, 2.45) is 17.8 Å². The highest BCUT2D eigenvalue weighted by Gasteiger charge is 2.34. The maximum absolute atomic E-state index is 12.1. The molecule has 0 aromatic rings. The van der Waals surface area contributed by atoms with E-state index < -0.39 is 0 Å². The monoisotopic (exact) mass is 308 g/mol. The minimum Gasteiger partial charge on any atom is -0.450 e. The van der Waals surface area contributed by atoms with E-state index in [1.165, 1.54) is 51.4 Å². The highest BCUT2D eigenvalue weighted by Crippen LogP contribution is 2.38. The van der Waals surface area contributed by atoms with E-state index >= 15 is 0 Å². The molecule has 3 aliphatic rings. The fourth-order valence-corrected chi connectivity index (χ4v) is 4.26. The van der Waals surface area contributed by atoms with E-state index in [9.17, 15) is 4.79 Å². The summed E-state index contributed by atoms with van der Waals surface area (Å²) in [6, 6.07) is 0.461. The Balaban J connectivity index is 1.51. The second-order valence-corrected chi connectivity index (χ2v) is 7.64. The maximum atomic E-state index is 12.1. The lowest BCUT2D eigenvalue weighted by molar-refractivity contribution is 0.0758. The molecule has 1 aliphatic heterocycles. The molecule has 2 atom stereocenters. The van der Waals surface area contributed by atoms with Crippen LogP contribution < -0.4 is 5.32 Å². The number of rotatable bonds is 6. The van der Waals surface area contributed by atoms with E-state index in [4.69, 9.17) is 4.74 Å². The maximum Gasteiger partial charge on any atom is 0.409 e. The van der Waals surface area contributed by atoms with Crippen LogP contribution in [0.4, 0.5) is 4.79 Å². The third-order valence-corrected chi connectivity index (χ3v) is 5.60. The topological polar surface area (TPSA) is 41.6 Å². The first-order valence-corrected chi connectivity index (χ1v) is 9.39. The second kappa shape index (κ2) is 7.67.